The minimum Gasteiger partial charge on any atom is -0.480 e. The normalized spacial score (nSPS) is 15.1. The van der Waals surface area contributed by atoms with Crippen LogP contribution in [-0.2, 0) is 4.79 Å². The Morgan fingerprint density at radius 3 is 2.39 bits per heavy atom. The van der Waals surface area contributed by atoms with Crippen LogP contribution in [0, 0.1) is 0 Å². The number of aliphatic carboxylic acids is 1. The fourth-order valence-electron chi connectivity index (χ4n) is 0.900. The molecule has 0 aliphatic rings. The minimum absolute atomic E-state index is 0. The van der Waals surface area contributed by atoms with E-state index in [4.69, 9.17) is 16.6 Å². The second-order valence-electron chi connectivity index (χ2n) is 3.87. The van der Waals surface area contributed by atoms with Gasteiger partial charge in [-0.2, -0.15) is 0 Å². The quantitative estimate of drug-likeness (QED) is 0.513. The summed E-state index contributed by atoms with van der Waals surface area (Å²) in [7, 11) is 0. The van der Waals surface area contributed by atoms with Gasteiger partial charge in [-0.25, -0.2) is 4.39 Å². The number of carboxylic acid groups (broad SMARTS) is 1. The van der Waals surface area contributed by atoms with Gasteiger partial charge in [0.25, 0.3) is 0 Å². The molecule has 0 aromatic rings. The van der Waals surface area contributed by atoms with Crippen LogP contribution in [0.15, 0.2) is 16.9 Å². The summed E-state index contributed by atoms with van der Waals surface area (Å²) >= 11 is 0. The molecule has 0 rings (SSSR count). The Balaban J connectivity index is -0.00000112. The first-order valence-electron chi connectivity index (χ1n) is 4.89. The van der Waals surface area contributed by atoms with E-state index in [0.717, 1.165) is 0 Å². The van der Waals surface area contributed by atoms with Gasteiger partial charge in [-0.1, -0.05) is 6.08 Å². The lowest BCUT2D eigenvalue weighted by Crippen LogP contribution is -2.44. The highest BCUT2D eigenvalue weighted by Gasteiger charge is 2.26. The lowest BCUT2D eigenvalue weighted by molar-refractivity contribution is -0.142. The maximum atomic E-state index is 13.0. The number of rotatable bonds is 6. The Bertz CT molecular complexity index is 316. The SMILES string of the molecule is CC(N)=NC/C(F)=C\CC[C@@](C)(N)C(=O)O.Cl.Cl. The molecule has 0 aromatic heterocycles. The summed E-state index contributed by atoms with van der Waals surface area (Å²) in [5, 5.41) is 8.70. The molecular weight excluding hydrogens is 284 g/mol. The Kier molecular flexibility index (Phi) is 12.5. The molecule has 0 unspecified atom stereocenters. The molecule has 1 atom stereocenters. The second kappa shape index (κ2) is 10.1. The number of nitrogens with two attached hydrogens (primary N) is 2. The van der Waals surface area contributed by atoms with Crippen molar-refractivity contribution in [1.82, 2.24) is 0 Å². The van der Waals surface area contributed by atoms with Gasteiger partial charge in [0, 0.05) is 0 Å². The van der Waals surface area contributed by atoms with Crippen LogP contribution in [0.2, 0.25) is 0 Å². The molecule has 0 aliphatic carbocycles. The highest BCUT2D eigenvalue weighted by molar-refractivity contribution is 5.85. The molecule has 5 nitrogen and oxygen atoms in total. The van der Waals surface area contributed by atoms with Gasteiger partial charge in [0.2, 0.25) is 0 Å². The third-order valence-corrected chi connectivity index (χ3v) is 2.00. The molecule has 0 bridgehead atoms. The monoisotopic (exact) mass is 303 g/mol. The van der Waals surface area contributed by atoms with Crippen molar-refractivity contribution in [3.63, 3.8) is 0 Å². The second-order valence-corrected chi connectivity index (χ2v) is 3.87. The fourth-order valence-corrected chi connectivity index (χ4v) is 0.900. The van der Waals surface area contributed by atoms with E-state index in [0.29, 0.717) is 5.84 Å². The van der Waals surface area contributed by atoms with E-state index in [9.17, 15) is 9.18 Å². The van der Waals surface area contributed by atoms with Crippen molar-refractivity contribution in [2.75, 3.05) is 6.54 Å². The Labute approximate surface area is 118 Å². The Morgan fingerprint density at radius 1 is 1.50 bits per heavy atom. The summed E-state index contributed by atoms with van der Waals surface area (Å²) in [5.74, 6) is -1.24. The van der Waals surface area contributed by atoms with Crippen molar-refractivity contribution >= 4 is 36.6 Å². The minimum atomic E-state index is -1.33. The van der Waals surface area contributed by atoms with Crippen LogP contribution in [0.5, 0.6) is 0 Å². The van der Waals surface area contributed by atoms with Crippen LogP contribution in [0.25, 0.3) is 0 Å². The molecule has 0 fully saturated rings. The number of hydrogen-bond donors (Lipinski definition) is 3. The molecule has 108 valence electrons. The molecular formula is C10H20Cl2FN3O2. The molecule has 5 N–H and O–H groups in total. The number of halogens is 3. The van der Waals surface area contributed by atoms with Crippen molar-refractivity contribution in [2.24, 2.45) is 16.5 Å². The van der Waals surface area contributed by atoms with Gasteiger partial charge in [-0.05, 0) is 26.7 Å². The van der Waals surface area contributed by atoms with Crippen LogP contribution in [0.1, 0.15) is 26.7 Å². The van der Waals surface area contributed by atoms with E-state index in [1.807, 2.05) is 0 Å². The van der Waals surface area contributed by atoms with Crippen LogP contribution in [0.3, 0.4) is 0 Å². The van der Waals surface area contributed by atoms with Gasteiger partial charge < -0.3 is 16.6 Å². The molecule has 0 heterocycles. The molecule has 18 heavy (non-hydrogen) atoms. The van der Waals surface area contributed by atoms with Crippen LogP contribution < -0.4 is 11.5 Å². The lowest BCUT2D eigenvalue weighted by Gasteiger charge is -2.17. The fraction of sp³-hybridized carbons (Fsp3) is 0.600. The van der Waals surface area contributed by atoms with Gasteiger partial charge in [-0.3, -0.25) is 9.79 Å². The van der Waals surface area contributed by atoms with Crippen molar-refractivity contribution in [1.29, 1.82) is 0 Å². The standard InChI is InChI=1S/C10H18FN3O2.2ClH/c1-7(12)14-6-8(11)4-3-5-10(2,13)9(15)16;;/h4H,3,5-6,13H2,1-2H3,(H2,12,14)(H,15,16);2*1H/b8-4+;;/t10-;;/m1../s1. The van der Waals surface area contributed by atoms with Gasteiger partial charge in [0.05, 0.1) is 12.4 Å². The maximum absolute atomic E-state index is 13.0. The lowest BCUT2D eigenvalue weighted by atomic mass is 9.97. The van der Waals surface area contributed by atoms with E-state index < -0.39 is 17.3 Å². The number of carbonyl (C=O) groups is 1. The molecule has 0 spiro atoms. The predicted molar refractivity (Wildman–Crippen MR) is 75.3 cm³/mol. The van der Waals surface area contributed by atoms with E-state index in [1.165, 1.54) is 13.0 Å². The zero-order valence-corrected chi connectivity index (χ0v) is 12.0. The van der Waals surface area contributed by atoms with E-state index in [-0.39, 0.29) is 44.2 Å². The maximum Gasteiger partial charge on any atom is 0.323 e. The highest BCUT2D eigenvalue weighted by Crippen LogP contribution is 2.11. The van der Waals surface area contributed by atoms with Gasteiger partial charge in [0.1, 0.15) is 11.4 Å². The van der Waals surface area contributed by atoms with Crippen molar-refractivity contribution in [3.8, 4) is 0 Å². The van der Waals surface area contributed by atoms with Crippen molar-refractivity contribution in [3.05, 3.63) is 11.9 Å². The van der Waals surface area contributed by atoms with Crippen molar-refractivity contribution < 1.29 is 14.3 Å². The largest absolute Gasteiger partial charge is 0.480 e. The predicted octanol–water partition coefficient (Wildman–Crippen LogP) is 1.64. The number of allylic oxidation sites excluding steroid dienone is 1. The van der Waals surface area contributed by atoms with Crippen LogP contribution in [-0.4, -0.2) is 29.0 Å². The summed E-state index contributed by atoms with van der Waals surface area (Å²) in [6, 6.07) is 0. The van der Waals surface area contributed by atoms with Gasteiger partial charge in [0.15, 0.2) is 0 Å². The topological polar surface area (TPSA) is 102 Å². The molecule has 0 amide bonds. The van der Waals surface area contributed by atoms with E-state index in [1.54, 1.807) is 6.92 Å². The molecule has 0 radical (unpaired) electrons. The molecule has 8 heteroatoms. The Hall–Kier alpha value is -0.850. The van der Waals surface area contributed by atoms with Gasteiger partial charge in [-0.15, -0.1) is 24.8 Å². The molecule has 0 aromatic carbocycles. The number of hydrogen-bond acceptors (Lipinski definition) is 3. The first kappa shape index (κ1) is 22.3. The number of nitrogens with zero attached hydrogens (tertiary/aromatic N) is 1. The molecule has 0 saturated heterocycles. The molecule has 0 saturated carbocycles. The third kappa shape index (κ3) is 10.3. The first-order valence-corrected chi connectivity index (χ1v) is 4.89. The zero-order valence-electron chi connectivity index (χ0n) is 10.4. The summed E-state index contributed by atoms with van der Waals surface area (Å²) in [6.07, 6.45) is 1.70. The van der Waals surface area contributed by atoms with E-state index in [2.05, 4.69) is 4.99 Å². The smallest absolute Gasteiger partial charge is 0.323 e. The van der Waals surface area contributed by atoms with Crippen LogP contribution >= 0.6 is 24.8 Å². The summed E-state index contributed by atoms with van der Waals surface area (Å²) in [6.45, 7) is 2.84. The van der Waals surface area contributed by atoms with Crippen molar-refractivity contribution in [2.45, 2.75) is 32.2 Å². The summed E-state index contributed by atoms with van der Waals surface area (Å²) in [5.41, 5.74) is 9.38. The summed E-state index contributed by atoms with van der Waals surface area (Å²) in [4.78, 5) is 14.3. The number of carboxylic acids is 1. The number of amidine groups is 1. The highest BCUT2D eigenvalue weighted by atomic mass is 35.5. The Morgan fingerprint density at radius 2 is 2.00 bits per heavy atom. The average molecular weight is 304 g/mol. The zero-order chi connectivity index (χ0) is 12.8. The first-order chi connectivity index (χ1) is 7.25. The van der Waals surface area contributed by atoms with Gasteiger partial charge >= 0.3 is 5.97 Å². The third-order valence-electron chi connectivity index (χ3n) is 2.00. The molecule has 0 aliphatic heterocycles. The van der Waals surface area contributed by atoms with Crippen LogP contribution in [0.4, 0.5) is 4.39 Å². The summed E-state index contributed by atoms with van der Waals surface area (Å²) < 4.78 is 13.0. The van der Waals surface area contributed by atoms with E-state index >= 15 is 0 Å². The average Bonchev–Trinajstić information content (AvgIpc) is 2.14. The number of aliphatic imine (C=N–C) groups is 1.